The van der Waals surface area contributed by atoms with Crippen LogP contribution < -0.4 is 4.74 Å². The van der Waals surface area contributed by atoms with Gasteiger partial charge in [-0.05, 0) is 17.7 Å². The molecular weight excluding hydrogens is 204 g/mol. The number of hydrogen-bond acceptors (Lipinski definition) is 3. The molecule has 0 spiro atoms. The SMILES string of the molecule is O=C1C2=CC(=C3c4c(O)cccc4OC13)C2. The Morgan fingerprint density at radius 1 is 1.38 bits per heavy atom. The first-order valence-electron chi connectivity index (χ1n) is 5.22. The number of allylic oxidation sites excluding steroid dienone is 2. The summed E-state index contributed by atoms with van der Waals surface area (Å²) in [4.78, 5) is 11.9. The highest BCUT2D eigenvalue weighted by molar-refractivity contribution is 6.16. The zero-order valence-electron chi connectivity index (χ0n) is 8.36. The normalized spacial score (nSPS) is 24.4. The highest BCUT2D eigenvalue weighted by Gasteiger charge is 2.45. The van der Waals surface area contributed by atoms with Crippen molar-refractivity contribution in [2.45, 2.75) is 12.5 Å². The minimum absolute atomic E-state index is 0.0422. The van der Waals surface area contributed by atoms with Crippen LogP contribution in [0.1, 0.15) is 12.0 Å². The molecule has 1 atom stereocenters. The number of ether oxygens (including phenoxy) is 1. The number of rotatable bonds is 0. The van der Waals surface area contributed by atoms with Gasteiger partial charge >= 0.3 is 0 Å². The molecule has 5 rings (SSSR count). The quantitative estimate of drug-likeness (QED) is 0.713. The molecule has 1 aromatic rings. The Morgan fingerprint density at radius 3 is 3.00 bits per heavy atom. The molecule has 1 aliphatic heterocycles. The van der Waals surface area contributed by atoms with E-state index >= 15 is 0 Å². The standard InChI is InChI=1S/C13H8O3/c14-8-2-1-3-9-11(8)10-6-4-7(5-6)12(15)13(10)16-9/h1-4,13-14H,5H2. The minimum Gasteiger partial charge on any atom is -0.507 e. The second kappa shape index (κ2) is 2.38. The number of benzene rings is 1. The molecule has 0 fully saturated rings. The number of phenols is 1. The fraction of sp³-hybridized carbons (Fsp3) is 0.154. The van der Waals surface area contributed by atoms with Crippen LogP contribution in [0.5, 0.6) is 11.5 Å². The van der Waals surface area contributed by atoms with Crippen molar-refractivity contribution in [3.05, 3.63) is 41.0 Å². The van der Waals surface area contributed by atoms with E-state index in [-0.39, 0.29) is 11.5 Å². The van der Waals surface area contributed by atoms with E-state index in [0.717, 1.165) is 23.1 Å². The highest BCUT2D eigenvalue weighted by Crippen LogP contribution is 2.51. The molecule has 1 N–H and O–H groups in total. The fourth-order valence-corrected chi connectivity index (χ4v) is 2.61. The molecule has 4 aliphatic rings. The molecule has 0 saturated heterocycles. The van der Waals surface area contributed by atoms with Crippen molar-refractivity contribution in [1.82, 2.24) is 0 Å². The molecule has 3 heteroatoms. The van der Waals surface area contributed by atoms with E-state index in [4.69, 9.17) is 4.74 Å². The maximum Gasteiger partial charge on any atom is 0.204 e. The predicted octanol–water partition coefficient (Wildman–Crippen LogP) is 1.82. The summed E-state index contributed by atoms with van der Waals surface area (Å²) in [7, 11) is 0. The second-order valence-corrected chi connectivity index (χ2v) is 4.30. The molecule has 1 heterocycles. The van der Waals surface area contributed by atoms with Gasteiger partial charge in [-0.2, -0.15) is 0 Å². The van der Waals surface area contributed by atoms with Gasteiger partial charge in [0.1, 0.15) is 11.5 Å². The number of aromatic hydroxyl groups is 1. The summed E-state index contributed by atoms with van der Waals surface area (Å²) in [5.41, 5.74) is 3.54. The summed E-state index contributed by atoms with van der Waals surface area (Å²) < 4.78 is 5.60. The van der Waals surface area contributed by atoms with Crippen molar-refractivity contribution in [3.8, 4) is 11.5 Å². The molecular formula is C13H8O3. The molecule has 3 nitrogen and oxygen atoms in total. The smallest absolute Gasteiger partial charge is 0.204 e. The Bertz CT molecular complexity index is 608. The van der Waals surface area contributed by atoms with E-state index in [9.17, 15) is 9.90 Å². The molecule has 16 heavy (non-hydrogen) atoms. The molecule has 3 aliphatic carbocycles. The van der Waals surface area contributed by atoms with Gasteiger partial charge in [-0.3, -0.25) is 4.79 Å². The summed E-state index contributed by atoms with van der Waals surface area (Å²) in [5, 5.41) is 9.85. The van der Waals surface area contributed by atoms with Crippen LogP contribution in [0.15, 0.2) is 35.4 Å². The van der Waals surface area contributed by atoms with Gasteiger partial charge in [0, 0.05) is 17.6 Å². The summed E-state index contributed by atoms with van der Waals surface area (Å²) in [6.07, 6.45) is 2.12. The lowest BCUT2D eigenvalue weighted by Crippen LogP contribution is -2.34. The third kappa shape index (κ3) is 0.745. The molecule has 2 bridgehead atoms. The largest absolute Gasteiger partial charge is 0.507 e. The van der Waals surface area contributed by atoms with Crippen LogP contribution >= 0.6 is 0 Å². The Hall–Kier alpha value is -2.03. The third-order valence-electron chi connectivity index (χ3n) is 3.41. The lowest BCUT2D eigenvalue weighted by atomic mass is 9.74. The molecule has 0 aromatic heterocycles. The van der Waals surface area contributed by atoms with Gasteiger partial charge in [-0.15, -0.1) is 0 Å². The molecule has 78 valence electrons. The topological polar surface area (TPSA) is 46.5 Å². The molecule has 1 unspecified atom stereocenters. The first kappa shape index (κ1) is 8.16. The van der Waals surface area contributed by atoms with Gasteiger partial charge in [0.25, 0.3) is 0 Å². The van der Waals surface area contributed by atoms with Crippen molar-refractivity contribution in [1.29, 1.82) is 0 Å². The monoisotopic (exact) mass is 212 g/mol. The maximum atomic E-state index is 11.9. The zero-order valence-corrected chi connectivity index (χ0v) is 8.36. The van der Waals surface area contributed by atoms with Gasteiger partial charge in [-0.1, -0.05) is 12.1 Å². The number of phenolic OH excluding ortho intramolecular Hbond substituents is 1. The molecule has 1 aromatic carbocycles. The van der Waals surface area contributed by atoms with E-state index in [1.165, 1.54) is 0 Å². The fourth-order valence-electron chi connectivity index (χ4n) is 2.61. The minimum atomic E-state index is -0.507. The van der Waals surface area contributed by atoms with Crippen LogP contribution in [0.3, 0.4) is 0 Å². The van der Waals surface area contributed by atoms with Crippen LogP contribution in [-0.2, 0) is 4.79 Å². The van der Waals surface area contributed by atoms with Gasteiger partial charge < -0.3 is 9.84 Å². The first-order chi connectivity index (χ1) is 7.75. The molecule has 0 radical (unpaired) electrons. The molecule has 0 amide bonds. The van der Waals surface area contributed by atoms with Gasteiger partial charge in [0.2, 0.25) is 5.78 Å². The summed E-state index contributed by atoms with van der Waals surface area (Å²) >= 11 is 0. The maximum absolute atomic E-state index is 11.9. The van der Waals surface area contributed by atoms with Crippen molar-refractivity contribution < 1.29 is 14.6 Å². The summed E-state index contributed by atoms with van der Waals surface area (Å²) in [6.45, 7) is 0. The second-order valence-electron chi connectivity index (χ2n) is 4.30. The molecule has 0 saturated carbocycles. The van der Waals surface area contributed by atoms with Gasteiger partial charge in [0.05, 0.1) is 5.56 Å². The Balaban J connectivity index is 2.05. The predicted molar refractivity (Wildman–Crippen MR) is 57.1 cm³/mol. The van der Waals surface area contributed by atoms with E-state index in [0.29, 0.717) is 11.3 Å². The van der Waals surface area contributed by atoms with Crippen LogP contribution in [0, 0.1) is 0 Å². The van der Waals surface area contributed by atoms with Crippen molar-refractivity contribution in [3.63, 3.8) is 0 Å². The lowest BCUT2D eigenvalue weighted by Gasteiger charge is -2.29. The highest BCUT2D eigenvalue weighted by atomic mass is 16.5. The lowest BCUT2D eigenvalue weighted by molar-refractivity contribution is -0.120. The average molecular weight is 212 g/mol. The Kier molecular flexibility index (Phi) is 1.21. The van der Waals surface area contributed by atoms with Gasteiger partial charge in [0.15, 0.2) is 6.10 Å². The number of hydrogen-bond donors (Lipinski definition) is 1. The number of Topliss-reactive ketones (excluding diaryl/α,β-unsaturated/α-hetero) is 1. The van der Waals surface area contributed by atoms with Crippen molar-refractivity contribution in [2.75, 3.05) is 0 Å². The van der Waals surface area contributed by atoms with Crippen LogP contribution in [0.25, 0.3) is 5.57 Å². The van der Waals surface area contributed by atoms with Crippen molar-refractivity contribution >= 4 is 11.4 Å². The average Bonchev–Trinajstić information content (AvgIpc) is 2.57. The summed E-state index contributed by atoms with van der Waals surface area (Å²) in [5.74, 6) is 0.849. The van der Waals surface area contributed by atoms with E-state index in [1.807, 2.05) is 6.08 Å². The number of fused-ring (bicyclic) bond motifs is 1. The number of carbonyl (C=O) groups is 1. The first-order valence-corrected chi connectivity index (χ1v) is 5.22. The van der Waals surface area contributed by atoms with Crippen LogP contribution in [0.4, 0.5) is 0 Å². The van der Waals surface area contributed by atoms with E-state index in [1.54, 1.807) is 18.2 Å². The number of carbonyl (C=O) groups excluding carboxylic acids is 1. The Morgan fingerprint density at radius 2 is 2.19 bits per heavy atom. The van der Waals surface area contributed by atoms with E-state index < -0.39 is 6.10 Å². The zero-order chi connectivity index (χ0) is 10.9. The number of ketones is 1. The Labute approximate surface area is 91.7 Å². The van der Waals surface area contributed by atoms with Crippen LogP contribution in [-0.4, -0.2) is 17.0 Å². The summed E-state index contributed by atoms with van der Waals surface area (Å²) in [6, 6.07) is 5.14. The van der Waals surface area contributed by atoms with Crippen LogP contribution in [0.2, 0.25) is 0 Å². The van der Waals surface area contributed by atoms with Gasteiger partial charge in [-0.25, -0.2) is 0 Å². The third-order valence-corrected chi connectivity index (χ3v) is 3.41. The van der Waals surface area contributed by atoms with E-state index in [2.05, 4.69) is 0 Å². The van der Waals surface area contributed by atoms with Crippen molar-refractivity contribution in [2.24, 2.45) is 0 Å².